The maximum Gasteiger partial charge on any atom is 0.332 e. The molecule has 0 amide bonds. The summed E-state index contributed by atoms with van der Waals surface area (Å²) in [7, 11) is 1.45. The number of hydrogen-bond donors (Lipinski definition) is 2. The van der Waals surface area contributed by atoms with Gasteiger partial charge >= 0.3 is 5.97 Å². The number of aliphatic hydroxyl groups is 1. The molecule has 0 radical (unpaired) electrons. The number of piperazine rings is 1. The van der Waals surface area contributed by atoms with E-state index in [1.807, 2.05) is 4.90 Å². The summed E-state index contributed by atoms with van der Waals surface area (Å²) in [5, 5.41) is 12.2. The molecule has 0 spiro atoms. The second-order valence-electron chi connectivity index (χ2n) is 3.49. The zero-order chi connectivity index (χ0) is 11.1. The summed E-state index contributed by atoms with van der Waals surface area (Å²) < 4.78 is 9.62. The minimum absolute atomic E-state index is 0.0174. The summed E-state index contributed by atoms with van der Waals surface area (Å²) in [4.78, 5) is 12.9. The van der Waals surface area contributed by atoms with Crippen LogP contribution in [0.1, 0.15) is 0 Å². The fraction of sp³-hybridized carbons (Fsp3) is 0.889. The van der Waals surface area contributed by atoms with Gasteiger partial charge in [-0.15, -0.1) is 0 Å². The van der Waals surface area contributed by atoms with Gasteiger partial charge in [-0.05, 0) is 0 Å². The summed E-state index contributed by atoms with van der Waals surface area (Å²) in [6.07, 6.45) is 0. The molecule has 0 saturated carbocycles. The van der Waals surface area contributed by atoms with E-state index < -0.39 is 0 Å². The average Bonchev–Trinajstić information content (AvgIpc) is 2.27. The van der Waals surface area contributed by atoms with Crippen LogP contribution in [0.4, 0.5) is 0 Å². The quantitative estimate of drug-likeness (QED) is 0.542. The Labute approximate surface area is 89.1 Å². The first-order valence-electron chi connectivity index (χ1n) is 4.97. The Bertz CT molecular complexity index is 201. The van der Waals surface area contributed by atoms with E-state index in [1.54, 1.807) is 0 Å². The van der Waals surface area contributed by atoms with Crippen LogP contribution in [-0.4, -0.2) is 68.7 Å². The van der Waals surface area contributed by atoms with Gasteiger partial charge in [0.25, 0.3) is 0 Å². The van der Waals surface area contributed by atoms with Gasteiger partial charge in [0.1, 0.15) is 13.2 Å². The molecule has 88 valence electrons. The van der Waals surface area contributed by atoms with E-state index >= 15 is 0 Å². The summed E-state index contributed by atoms with van der Waals surface area (Å²) in [5.41, 5.74) is 0. The van der Waals surface area contributed by atoms with Crippen molar-refractivity contribution in [3.05, 3.63) is 0 Å². The molecule has 6 nitrogen and oxygen atoms in total. The smallest absolute Gasteiger partial charge is 0.332 e. The van der Waals surface area contributed by atoms with E-state index in [1.165, 1.54) is 7.11 Å². The lowest BCUT2D eigenvalue weighted by molar-refractivity contribution is -0.149. The van der Waals surface area contributed by atoms with Crippen molar-refractivity contribution in [2.45, 2.75) is 6.04 Å². The lowest BCUT2D eigenvalue weighted by Crippen LogP contribution is -2.52. The number of nitrogens with zero attached hydrogens (tertiary/aromatic N) is 1. The Hall–Kier alpha value is -0.690. The highest BCUT2D eigenvalue weighted by Gasteiger charge is 2.19. The van der Waals surface area contributed by atoms with Crippen molar-refractivity contribution in [2.75, 3.05) is 46.7 Å². The second-order valence-corrected chi connectivity index (χ2v) is 3.49. The molecule has 0 aromatic rings. The van der Waals surface area contributed by atoms with Gasteiger partial charge in [0.05, 0.1) is 12.8 Å². The molecule has 0 bridgehead atoms. The van der Waals surface area contributed by atoms with Gasteiger partial charge in [-0.3, -0.25) is 4.90 Å². The zero-order valence-corrected chi connectivity index (χ0v) is 8.94. The van der Waals surface area contributed by atoms with Crippen LogP contribution in [0.2, 0.25) is 0 Å². The molecule has 1 saturated heterocycles. The summed E-state index contributed by atoms with van der Waals surface area (Å²) >= 11 is 0. The van der Waals surface area contributed by atoms with Crippen molar-refractivity contribution >= 4 is 5.97 Å². The summed E-state index contributed by atoms with van der Waals surface area (Å²) in [6.45, 7) is 2.65. The standard InChI is InChI=1S/C9H18N2O4/c1-14-6-9(13)15-5-8-4-11(7-12)3-2-10-8/h8,10,12H,2-7H2,1H3. The van der Waals surface area contributed by atoms with Crippen molar-refractivity contribution < 1.29 is 19.4 Å². The Balaban J connectivity index is 2.17. The van der Waals surface area contributed by atoms with Gasteiger partial charge in [-0.2, -0.15) is 0 Å². The van der Waals surface area contributed by atoms with Crippen molar-refractivity contribution in [3.63, 3.8) is 0 Å². The van der Waals surface area contributed by atoms with E-state index in [-0.39, 0.29) is 25.3 Å². The van der Waals surface area contributed by atoms with E-state index in [4.69, 9.17) is 9.84 Å². The highest BCUT2D eigenvalue weighted by molar-refractivity contribution is 5.70. The van der Waals surface area contributed by atoms with E-state index in [0.717, 1.165) is 13.1 Å². The number of rotatable bonds is 5. The molecule has 0 aromatic heterocycles. The third-order valence-electron chi connectivity index (χ3n) is 2.25. The number of carbonyl (C=O) groups is 1. The largest absolute Gasteiger partial charge is 0.462 e. The normalized spacial score (nSPS) is 22.7. The first-order valence-corrected chi connectivity index (χ1v) is 4.97. The van der Waals surface area contributed by atoms with Crippen LogP contribution in [0.3, 0.4) is 0 Å². The van der Waals surface area contributed by atoms with Crippen LogP contribution in [0.25, 0.3) is 0 Å². The van der Waals surface area contributed by atoms with Gasteiger partial charge in [-0.25, -0.2) is 4.79 Å². The highest BCUT2D eigenvalue weighted by Crippen LogP contribution is 1.98. The first kappa shape index (κ1) is 12.4. The Morgan fingerprint density at radius 2 is 2.47 bits per heavy atom. The molecule has 1 atom stereocenters. The van der Waals surface area contributed by atoms with Gasteiger partial charge in [0.2, 0.25) is 0 Å². The third-order valence-corrected chi connectivity index (χ3v) is 2.25. The van der Waals surface area contributed by atoms with Crippen molar-refractivity contribution in [2.24, 2.45) is 0 Å². The highest BCUT2D eigenvalue weighted by atomic mass is 16.6. The molecule has 6 heteroatoms. The molecule has 1 heterocycles. The van der Waals surface area contributed by atoms with E-state index in [0.29, 0.717) is 13.2 Å². The first-order chi connectivity index (χ1) is 7.26. The molecule has 1 rings (SSSR count). The van der Waals surface area contributed by atoms with Crippen LogP contribution >= 0.6 is 0 Å². The van der Waals surface area contributed by atoms with Gasteiger partial charge in [-0.1, -0.05) is 0 Å². The van der Waals surface area contributed by atoms with Crippen LogP contribution in [0.15, 0.2) is 0 Å². The number of methoxy groups -OCH3 is 1. The number of nitrogens with one attached hydrogen (secondary N) is 1. The van der Waals surface area contributed by atoms with Gasteiger partial charge in [0.15, 0.2) is 0 Å². The fourth-order valence-corrected chi connectivity index (χ4v) is 1.49. The van der Waals surface area contributed by atoms with Crippen LogP contribution in [-0.2, 0) is 14.3 Å². The monoisotopic (exact) mass is 218 g/mol. The molecular weight excluding hydrogens is 200 g/mol. The minimum atomic E-state index is -0.361. The number of carbonyl (C=O) groups excluding carboxylic acids is 1. The number of aliphatic hydroxyl groups excluding tert-OH is 1. The minimum Gasteiger partial charge on any atom is -0.462 e. The predicted octanol–water partition coefficient (Wildman–Crippen LogP) is -1.60. The van der Waals surface area contributed by atoms with Crippen LogP contribution in [0, 0.1) is 0 Å². The predicted molar refractivity (Wildman–Crippen MR) is 53.3 cm³/mol. The molecule has 1 unspecified atom stereocenters. The number of ether oxygens (including phenoxy) is 2. The molecule has 1 fully saturated rings. The Morgan fingerprint density at radius 3 is 3.13 bits per heavy atom. The molecule has 0 aliphatic carbocycles. The molecular formula is C9H18N2O4. The molecule has 15 heavy (non-hydrogen) atoms. The zero-order valence-electron chi connectivity index (χ0n) is 8.94. The average molecular weight is 218 g/mol. The Morgan fingerprint density at radius 1 is 1.67 bits per heavy atom. The fourth-order valence-electron chi connectivity index (χ4n) is 1.49. The Kier molecular flexibility index (Phi) is 5.56. The SMILES string of the molecule is COCC(=O)OCC1CN(CO)CCN1. The van der Waals surface area contributed by atoms with Gasteiger partial charge in [0, 0.05) is 26.7 Å². The number of hydrogen-bond acceptors (Lipinski definition) is 6. The molecule has 2 N–H and O–H groups in total. The number of esters is 1. The van der Waals surface area contributed by atoms with E-state index in [2.05, 4.69) is 10.1 Å². The third kappa shape index (κ3) is 4.57. The second kappa shape index (κ2) is 6.73. The molecule has 1 aliphatic heterocycles. The van der Waals surface area contributed by atoms with Gasteiger partial charge < -0.3 is 19.9 Å². The van der Waals surface area contributed by atoms with Crippen LogP contribution < -0.4 is 5.32 Å². The van der Waals surface area contributed by atoms with Crippen LogP contribution in [0.5, 0.6) is 0 Å². The van der Waals surface area contributed by atoms with Crippen molar-refractivity contribution in [1.82, 2.24) is 10.2 Å². The lowest BCUT2D eigenvalue weighted by Gasteiger charge is -2.31. The summed E-state index contributed by atoms with van der Waals surface area (Å²) in [5.74, 6) is -0.361. The van der Waals surface area contributed by atoms with Crippen molar-refractivity contribution in [1.29, 1.82) is 0 Å². The maximum atomic E-state index is 11.0. The van der Waals surface area contributed by atoms with E-state index in [9.17, 15) is 4.79 Å². The molecule has 1 aliphatic rings. The van der Waals surface area contributed by atoms with Crippen molar-refractivity contribution in [3.8, 4) is 0 Å². The molecule has 0 aromatic carbocycles. The lowest BCUT2D eigenvalue weighted by atomic mass is 10.2. The topological polar surface area (TPSA) is 71.0 Å². The maximum absolute atomic E-state index is 11.0. The summed E-state index contributed by atoms with van der Waals surface area (Å²) in [6, 6.07) is 0.0895.